The molecule has 0 aliphatic rings. The Balaban J connectivity index is 2.89. The molecule has 1 unspecified atom stereocenters. The largest absolute Gasteiger partial charge is 0.493 e. The van der Waals surface area contributed by atoms with Crippen LogP contribution in [0.3, 0.4) is 0 Å². The fourth-order valence-corrected chi connectivity index (χ4v) is 1.96. The number of nitrogens with zero attached hydrogens (tertiary/aromatic N) is 1. The number of carbonyl (C=O) groups excluding carboxylic acids is 1. The number of carbonyl (C=O) groups is 1. The molecule has 1 aromatic carbocycles. The average molecular weight is 310 g/mol. The van der Waals surface area contributed by atoms with Gasteiger partial charge in [-0.3, -0.25) is 14.9 Å². The van der Waals surface area contributed by atoms with Crippen LogP contribution in [-0.4, -0.2) is 31.6 Å². The lowest BCUT2D eigenvalue weighted by Gasteiger charge is -2.12. The van der Waals surface area contributed by atoms with Crippen LogP contribution >= 0.6 is 0 Å². The number of rotatable bonds is 8. The van der Waals surface area contributed by atoms with Crippen molar-refractivity contribution in [1.29, 1.82) is 0 Å². The van der Waals surface area contributed by atoms with Gasteiger partial charge in [-0.25, -0.2) is 0 Å². The molecular weight excluding hydrogens is 288 g/mol. The fraction of sp³-hybridized carbons (Fsp3) is 0.533. The van der Waals surface area contributed by atoms with Crippen molar-refractivity contribution >= 4 is 11.6 Å². The minimum atomic E-state index is -0.465. The minimum absolute atomic E-state index is 0.0459. The monoisotopic (exact) mass is 310 g/mol. The number of benzene rings is 1. The summed E-state index contributed by atoms with van der Waals surface area (Å²) in [6.07, 6.45) is 1.10. The molecule has 0 bridgehead atoms. The van der Waals surface area contributed by atoms with Gasteiger partial charge >= 0.3 is 0 Å². The predicted molar refractivity (Wildman–Crippen MR) is 82.4 cm³/mol. The average Bonchev–Trinajstić information content (AvgIpc) is 2.52. The van der Waals surface area contributed by atoms with Crippen LogP contribution < -0.4 is 14.8 Å². The van der Waals surface area contributed by atoms with Gasteiger partial charge in [0.25, 0.3) is 5.69 Å². The summed E-state index contributed by atoms with van der Waals surface area (Å²) in [7, 11) is 2.89. The molecule has 0 heterocycles. The molecule has 122 valence electrons. The molecule has 1 N–H and O–H groups in total. The highest BCUT2D eigenvalue weighted by Crippen LogP contribution is 2.34. The number of hydrogen-bond donors (Lipinski definition) is 1. The van der Waals surface area contributed by atoms with Gasteiger partial charge in [0.2, 0.25) is 5.91 Å². The molecule has 0 aromatic heterocycles. The van der Waals surface area contributed by atoms with E-state index >= 15 is 0 Å². The van der Waals surface area contributed by atoms with Crippen molar-refractivity contribution in [2.24, 2.45) is 5.92 Å². The van der Waals surface area contributed by atoms with Crippen molar-refractivity contribution in [3.05, 3.63) is 27.8 Å². The van der Waals surface area contributed by atoms with E-state index in [1.54, 1.807) is 6.07 Å². The number of nitro groups is 1. The summed E-state index contributed by atoms with van der Waals surface area (Å²) in [5.74, 6) is 0.615. The highest BCUT2D eigenvalue weighted by molar-refractivity contribution is 5.78. The van der Waals surface area contributed by atoms with Gasteiger partial charge in [0, 0.05) is 18.0 Å². The van der Waals surface area contributed by atoms with Crippen molar-refractivity contribution in [1.82, 2.24) is 5.32 Å². The molecule has 1 aromatic rings. The third kappa shape index (κ3) is 4.34. The lowest BCUT2D eigenvalue weighted by Crippen LogP contribution is -2.30. The van der Waals surface area contributed by atoms with Crippen LogP contribution in [0.15, 0.2) is 12.1 Å². The smallest absolute Gasteiger partial charge is 0.276 e. The molecule has 0 saturated carbocycles. The SMILES string of the molecule is CCC(C)C(=O)NCCc1cc(OC)c(OC)cc1[N+](=O)[O-]. The van der Waals surface area contributed by atoms with Crippen molar-refractivity contribution in [3.63, 3.8) is 0 Å². The van der Waals surface area contributed by atoms with E-state index in [2.05, 4.69) is 5.32 Å². The molecule has 0 radical (unpaired) electrons. The Hall–Kier alpha value is -2.31. The Labute approximate surface area is 129 Å². The maximum absolute atomic E-state index is 11.7. The summed E-state index contributed by atoms with van der Waals surface area (Å²) in [5, 5.41) is 13.9. The van der Waals surface area contributed by atoms with Crippen LogP contribution in [0.5, 0.6) is 11.5 Å². The molecule has 0 aliphatic carbocycles. The molecule has 0 saturated heterocycles. The Morgan fingerprint density at radius 3 is 2.41 bits per heavy atom. The summed E-state index contributed by atoms with van der Waals surface area (Å²) in [5.41, 5.74) is 0.447. The van der Waals surface area contributed by atoms with E-state index in [1.807, 2.05) is 13.8 Å². The second-order valence-electron chi connectivity index (χ2n) is 4.94. The van der Waals surface area contributed by atoms with E-state index in [-0.39, 0.29) is 17.5 Å². The third-order valence-electron chi connectivity index (χ3n) is 3.54. The lowest BCUT2D eigenvalue weighted by molar-refractivity contribution is -0.385. The summed E-state index contributed by atoms with van der Waals surface area (Å²) in [6, 6.07) is 2.91. The predicted octanol–water partition coefficient (Wildman–Crippen LogP) is 2.32. The molecule has 1 atom stereocenters. The minimum Gasteiger partial charge on any atom is -0.493 e. The van der Waals surface area contributed by atoms with E-state index in [0.717, 1.165) is 6.42 Å². The van der Waals surface area contributed by atoms with E-state index < -0.39 is 4.92 Å². The molecule has 7 nitrogen and oxygen atoms in total. The van der Waals surface area contributed by atoms with E-state index in [9.17, 15) is 14.9 Å². The zero-order valence-corrected chi connectivity index (χ0v) is 13.3. The van der Waals surface area contributed by atoms with Crippen molar-refractivity contribution < 1.29 is 19.2 Å². The maximum Gasteiger partial charge on any atom is 0.276 e. The van der Waals surface area contributed by atoms with E-state index in [4.69, 9.17) is 9.47 Å². The van der Waals surface area contributed by atoms with Crippen LogP contribution in [0.25, 0.3) is 0 Å². The van der Waals surface area contributed by atoms with Crippen LogP contribution in [-0.2, 0) is 11.2 Å². The standard InChI is InChI=1S/C15H22N2O5/c1-5-10(2)15(18)16-7-6-11-8-13(21-3)14(22-4)9-12(11)17(19)20/h8-10H,5-7H2,1-4H3,(H,16,18). The second-order valence-corrected chi connectivity index (χ2v) is 4.94. The maximum atomic E-state index is 11.7. The first-order valence-corrected chi connectivity index (χ1v) is 7.11. The fourth-order valence-electron chi connectivity index (χ4n) is 1.96. The number of amides is 1. The number of nitro benzene ring substituents is 1. The van der Waals surface area contributed by atoms with Crippen LogP contribution in [0.4, 0.5) is 5.69 Å². The van der Waals surface area contributed by atoms with Crippen LogP contribution in [0.2, 0.25) is 0 Å². The highest BCUT2D eigenvalue weighted by Gasteiger charge is 2.19. The zero-order valence-electron chi connectivity index (χ0n) is 13.3. The van der Waals surface area contributed by atoms with Gasteiger partial charge in [0.1, 0.15) is 0 Å². The first-order chi connectivity index (χ1) is 10.4. The van der Waals surface area contributed by atoms with Gasteiger partial charge in [-0.1, -0.05) is 13.8 Å². The molecule has 0 fully saturated rings. The number of ether oxygens (including phenoxy) is 2. The quantitative estimate of drug-likeness (QED) is 0.588. The Bertz CT molecular complexity index is 545. The molecule has 7 heteroatoms. The van der Waals surface area contributed by atoms with Gasteiger partial charge in [0.15, 0.2) is 11.5 Å². The number of hydrogen-bond acceptors (Lipinski definition) is 5. The third-order valence-corrected chi connectivity index (χ3v) is 3.54. The van der Waals surface area contributed by atoms with Crippen molar-refractivity contribution in [2.75, 3.05) is 20.8 Å². The number of nitrogens with one attached hydrogen (secondary N) is 1. The highest BCUT2D eigenvalue weighted by atomic mass is 16.6. The summed E-state index contributed by atoms with van der Waals surface area (Å²) in [4.78, 5) is 22.4. The zero-order chi connectivity index (χ0) is 16.7. The molecule has 0 spiro atoms. The summed E-state index contributed by atoms with van der Waals surface area (Å²) >= 11 is 0. The van der Waals surface area contributed by atoms with Crippen LogP contribution in [0.1, 0.15) is 25.8 Å². The van der Waals surface area contributed by atoms with Gasteiger partial charge in [0.05, 0.1) is 25.2 Å². The Kier molecular flexibility index (Phi) is 6.62. The molecule has 1 rings (SSSR count). The second kappa shape index (κ2) is 8.21. The molecule has 1 amide bonds. The van der Waals surface area contributed by atoms with E-state index in [0.29, 0.717) is 30.0 Å². The van der Waals surface area contributed by atoms with Gasteiger partial charge in [-0.15, -0.1) is 0 Å². The number of methoxy groups -OCH3 is 2. The van der Waals surface area contributed by atoms with Gasteiger partial charge in [-0.05, 0) is 18.9 Å². The Morgan fingerprint density at radius 2 is 1.91 bits per heavy atom. The Morgan fingerprint density at radius 1 is 1.32 bits per heavy atom. The van der Waals surface area contributed by atoms with Crippen molar-refractivity contribution in [3.8, 4) is 11.5 Å². The summed E-state index contributed by atoms with van der Waals surface area (Å²) < 4.78 is 10.2. The molecular formula is C15H22N2O5. The van der Waals surface area contributed by atoms with Crippen molar-refractivity contribution in [2.45, 2.75) is 26.7 Å². The van der Waals surface area contributed by atoms with Crippen LogP contribution in [0, 0.1) is 16.0 Å². The van der Waals surface area contributed by atoms with Gasteiger partial charge in [-0.2, -0.15) is 0 Å². The van der Waals surface area contributed by atoms with E-state index in [1.165, 1.54) is 20.3 Å². The molecule has 0 aliphatic heterocycles. The first-order valence-electron chi connectivity index (χ1n) is 7.11. The summed E-state index contributed by atoms with van der Waals surface area (Å²) in [6.45, 7) is 4.11. The van der Waals surface area contributed by atoms with Gasteiger partial charge < -0.3 is 14.8 Å². The lowest BCUT2D eigenvalue weighted by atomic mass is 10.1. The molecule has 22 heavy (non-hydrogen) atoms. The topological polar surface area (TPSA) is 90.7 Å². The normalized spacial score (nSPS) is 11.6. The first kappa shape index (κ1) is 17.7.